The van der Waals surface area contributed by atoms with E-state index >= 15 is 0 Å². The number of aromatic nitrogens is 1. The zero-order valence-corrected chi connectivity index (χ0v) is 20.8. The van der Waals surface area contributed by atoms with Crippen molar-refractivity contribution in [1.29, 1.82) is 0 Å². The predicted molar refractivity (Wildman–Crippen MR) is 132 cm³/mol. The van der Waals surface area contributed by atoms with Crippen molar-refractivity contribution in [3.8, 4) is 11.5 Å². The van der Waals surface area contributed by atoms with Crippen LogP contribution in [0.2, 0.25) is 0 Å². The van der Waals surface area contributed by atoms with Gasteiger partial charge in [-0.15, -0.1) is 0 Å². The highest BCUT2D eigenvalue weighted by Gasteiger charge is 2.34. The Morgan fingerprint density at radius 2 is 2.00 bits per heavy atom. The topological polar surface area (TPSA) is 79.1 Å². The summed E-state index contributed by atoms with van der Waals surface area (Å²) < 4.78 is 19.5. The number of rotatable bonds is 4. The number of thiazole rings is 1. The fourth-order valence-electron chi connectivity index (χ4n) is 3.90. The second-order valence-electron chi connectivity index (χ2n) is 7.47. The van der Waals surface area contributed by atoms with Crippen molar-refractivity contribution < 1.29 is 19.0 Å². The monoisotopic (exact) mass is 574 g/mol. The van der Waals surface area contributed by atoms with Gasteiger partial charge < -0.3 is 14.2 Å². The van der Waals surface area contributed by atoms with Crippen LogP contribution in [0.1, 0.15) is 31.0 Å². The van der Waals surface area contributed by atoms with E-state index < -0.39 is 12.0 Å². The van der Waals surface area contributed by atoms with Gasteiger partial charge in [0.1, 0.15) is 0 Å². The summed E-state index contributed by atoms with van der Waals surface area (Å²) >= 11 is 3.54. The number of esters is 1. The number of fused-ring (bicyclic) bond motifs is 2. The van der Waals surface area contributed by atoms with Gasteiger partial charge in [0, 0.05) is 3.57 Å². The zero-order valence-electron chi connectivity index (χ0n) is 17.8. The molecule has 0 saturated carbocycles. The standard InChI is InChI=1S/C24H19IN2O5S/c1-3-30-23(29)20-13(2)26-24-27(21(20)15-6-9-17-18(11-15)32-12-31-17)22(28)19(33-24)10-14-4-7-16(25)8-5-14/h4-11,21H,3,12H2,1-2H3/b19-10+/t21-/m0/s1. The van der Waals surface area contributed by atoms with Gasteiger partial charge in [-0.2, -0.15) is 0 Å². The van der Waals surface area contributed by atoms with Crippen LogP contribution in [0.4, 0.5) is 0 Å². The summed E-state index contributed by atoms with van der Waals surface area (Å²) in [7, 11) is 0. The summed E-state index contributed by atoms with van der Waals surface area (Å²) in [5.41, 5.74) is 2.29. The molecule has 3 heterocycles. The summed E-state index contributed by atoms with van der Waals surface area (Å²) in [6.45, 7) is 3.87. The van der Waals surface area contributed by atoms with E-state index in [1.54, 1.807) is 30.5 Å². The van der Waals surface area contributed by atoms with E-state index in [0.717, 1.165) is 14.7 Å². The molecule has 7 nitrogen and oxygen atoms in total. The van der Waals surface area contributed by atoms with Gasteiger partial charge in [-0.3, -0.25) is 9.36 Å². The first-order chi connectivity index (χ1) is 16.0. The van der Waals surface area contributed by atoms with Gasteiger partial charge in [0.2, 0.25) is 6.79 Å². The van der Waals surface area contributed by atoms with Crippen LogP contribution < -0.4 is 24.4 Å². The van der Waals surface area contributed by atoms with E-state index in [9.17, 15) is 9.59 Å². The Kier molecular flexibility index (Phi) is 5.83. The minimum atomic E-state index is -0.686. The largest absolute Gasteiger partial charge is 0.463 e. The van der Waals surface area contributed by atoms with Crippen LogP contribution in [-0.2, 0) is 9.53 Å². The minimum absolute atomic E-state index is 0.136. The molecule has 3 aromatic rings. The second kappa shape index (κ2) is 8.79. The first-order valence-corrected chi connectivity index (χ1v) is 12.2. The van der Waals surface area contributed by atoms with E-state index in [2.05, 4.69) is 27.6 Å². The Balaban J connectivity index is 1.72. The summed E-state index contributed by atoms with van der Waals surface area (Å²) in [6.07, 6.45) is 1.85. The number of ether oxygens (including phenoxy) is 3. The molecule has 33 heavy (non-hydrogen) atoms. The smallest absolute Gasteiger partial charge is 0.338 e. The zero-order chi connectivity index (χ0) is 23.1. The Morgan fingerprint density at radius 3 is 2.76 bits per heavy atom. The van der Waals surface area contributed by atoms with Crippen molar-refractivity contribution in [3.05, 3.63) is 88.1 Å². The molecule has 2 aromatic carbocycles. The van der Waals surface area contributed by atoms with Crippen LogP contribution in [-0.4, -0.2) is 23.9 Å². The molecule has 1 atom stereocenters. The van der Waals surface area contributed by atoms with E-state index in [1.807, 2.05) is 36.4 Å². The molecule has 0 N–H and O–H groups in total. The van der Waals surface area contributed by atoms with Crippen LogP contribution in [0, 0.1) is 3.57 Å². The highest BCUT2D eigenvalue weighted by Crippen LogP contribution is 2.38. The first kappa shape index (κ1) is 21.9. The molecular formula is C24H19IN2O5S. The third-order valence-electron chi connectivity index (χ3n) is 5.40. The van der Waals surface area contributed by atoms with Crippen molar-refractivity contribution >= 4 is 46.0 Å². The fraction of sp³-hybridized carbons (Fsp3) is 0.208. The Bertz CT molecular complexity index is 1470. The normalized spacial score (nSPS) is 17.1. The maximum absolute atomic E-state index is 13.6. The number of nitrogens with zero attached hydrogens (tertiary/aromatic N) is 2. The van der Waals surface area contributed by atoms with Crippen LogP contribution >= 0.6 is 33.9 Å². The lowest BCUT2D eigenvalue weighted by Gasteiger charge is -2.24. The van der Waals surface area contributed by atoms with Gasteiger partial charge >= 0.3 is 5.97 Å². The van der Waals surface area contributed by atoms with Crippen LogP contribution in [0.15, 0.2) is 63.5 Å². The van der Waals surface area contributed by atoms with Gasteiger partial charge in [-0.25, -0.2) is 9.79 Å². The van der Waals surface area contributed by atoms with Crippen molar-refractivity contribution in [2.75, 3.05) is 13.4 Å². The number of carbonyl (C=O) groups excluding carboxylic acids is 1. The summed E-state index contributed by atoms with van der Waals surface area (Å²) in [4.78, 5) is 31.7. The van der Waals surface area contributed by atoms with Gasteiger partial charge in [-0.05, 0) is 77.9 Å². The summed E-state index contributed by atoms with van der Waals surface area (Å²) in [5.74, 6) is 0.711. The van der Waals surface area contributed by atoms with Crippen molar-refractivity contribution in [2.45, 2.75) is 19.9 Å². The van der Waals surface area contributed by atoms with E-state index in [-0.39, 0.29) is 19.0 Å². The molecule has 0 radical (unpaired) electrons. The molecule has 168 valence electrons. The minimum Gasteiger partial charge on any atom is -0.463 e. The molecule has 9 heteroatoms. The summed E-state index contributed by atoms with van der Waals surface area (Å²) in [6, 6.07) is 12.7. The van der Waals surface area contributed by atoms with E-state index in [1.165, 1.54) is 11.3 Å². The van der Waals surface area contributed by atoms with E-state index in [0.29, 0.717) is 32.1 Å². The molecule has 1 aromatic heterocycles. The van der Waals surface area contributed by atoms with Crippen molar-refractivity contribution in [2.24, 2.45) is 4.99 Å². The molecule has 0 bridgehead atoms. The van der Waals surface area contributed by atoms with E-state index in [4.69, 9.17) is 14.2 Å². The Labute approximate surface area is 206 Å². The molecule has 0 aliphatic carbocycles. The molecular weight excluding hydrogens is 555 g/mol. The molecule has 0 unspecified atom stereocenters. The number of hydrogen-bond acceptors (Lipinski definition) is 7. The third-order valence-corrected chi connectivity index (χ3v) is 7.10. The number of allylic oxidation sites excluding steroid dienone is 1. The third kappa shape index (κ3) is 3.99. The predicted octanol–water partition coefficient (Wildman–Crippen LogP) is 3.13. The van der Waals surface area contributed by atoms with Gasteiger partial charge in [0.05, 0.1) is 28.5 Å². The maximum Gasteiger partial charge on any atom is 0.338 e. The number of hydrogen-bond donors (Lipinski definition) is 0. The summed E-state index contributed by atoms with van der Waals surface area (Å²) in [5, 5.41) is 0. The van der Waals surface area contributed by atoms with Crippen LogP contribution in [0.25, 0.3) is 6.08 Å². The Morgan fingerprint density at radius 1 is 1.24 bits per heavy atom. The van der Waals surface area contributed by atoms with Crippen LogP contribution in [0.5, 0.6) is 11.5 Å². The molecule has 2 aliphatic rings. The number of carbonyl (C=O) groups is 1. The fourth-order valence-corrected chi connectivity index (χ4v) is 5.31. The SMILES string of the molecule is CCOC(=O)C1=C(C)N=c2s/c(=C/c3ccc(I)cc3)c(=O)n2[C@H]1c1ccc2c(c1)OCO2. The lowest BCUT2D eigenvalue weighted by Crippen LogP contribution is -2.39. The molecule has 0 spiro atoms. The molecule has 0 amide bonds. The molecule has 0 saturated heterocycles. The highest BCUT2D eigenvalue weighted by atomic mass is 127. The van der Waals surface area contributed by atoms with Crippen molar-refractivity contribution in [1.82, 2.24) is 4.57 Å². The second-order valence-corrected chi connectivity index (χ2v) is 9.72. The average Bonchev–Trinajstić information content (AvgIpc) is 3.38. The van der Waals surface area contributed by atoms with Gasteiger partial charge in [0.15, 0.2) is 16.3 Å². The number of halogens is 1. The van der Waals surface area contributed by atoms with Crippen molar-refractivity contribution in [3.63, 3.8) is 0 Å². The molecule has 5 rings (SSSR count). The van der Waals surface area contributed by atoms with Gasteiger partial charge in [0.25, 0.3) is 5.56 Å². The lowest BCUT2D eigenvalue weighted by atomic mass is 9.95. The van der Waals surface area contributed by atoms with Gasteiger partial charge in [-0.1, -0.05) is 29.5 Å². The Hall–Kier alpha value is -2.92. The quantitative estimate of drug-likeness (QED) is 0.354. The highest BCUT2D eigenvalue weighted by molar-refractivity contribution is 14.1. The van der Waals surface area contributed by atoms with Crippen LogP contribution in [0.3, 0.4) is 0 Å². The molecule has 2 aliphatic heterocycles. The first-order valence-electron chi connectivity index (χ1n) is 10.3. The average molecular weight is 574 g/mol. The number of benzene rings is 2. The maximum atomic E-state index is 13.6. The molecule has 0 fully saturated rings. The lowest BCUT2D eigenvalue weighted by molar-refractivity contribution is -0.139.